The molecule has 104 valence electrons. The highest BCUT2D eigenvalue weighted by atomic mass is 16.5. The van der Waals surface area contributed by atoms with Crippen LogP contribution in [0.4, 0.5) is 0 Å². The van der Waals surface area contributed by atoms with Gasteiger partial charge < -0.3 is 19.8 Å². The lowest BCUT2D eigenvalue weighted by atomic mass is 10.2. The number of carbonyl (C=O) groups is 1. The molecule has 0 radical (unpaired) electrons. The molecule has 1 fully saturated rings. The molecule has 0 aliphatic carbocycles. The van der Waals surface area contributed by atoms with E-state index >= 15 is 0 Å². The minimum atomic E-state index is -0.854. The van der Waals surface area contributed by atoms with Gasteiger partial charge in [0.2, 0.25) is 0 Å². The second-order valence-electron chi connectivity index (χ2n) is 4.72. The average Bonchev–Trinajstić information content (AvgIpc) is 2.77. The fourth-order valence-corrected chi connectivity index (χ4v) is 2.03. The Bertz CT molecular complexity index is 422. The number of carbonyl (C=O) groups excluding carboxylic acids is 1. The molecule has 0 bridgehead atoms. The lowest BCUT2D eigenvalue weighted by molar-refractivity contribution is -0.132. The zero-order valence-corrected chi connectivity index (χ0v) is 11.0. The highest BCUT2D eigenvalue weighted by Gasteiger charge is 2.32. The SMILES string of the molecule is CCc1ccc(OCC(=O)N2C[C@@H](O)[C@@H](O)C2)cc1. The molecule has 0 saturated carbocycles. The quantitative estimate of drug-likeness (QED) is 0.815. The Balaban J connectivity index is 1.83. The summed E-state index contributed by atoms with van der Waals surface area (Å²) in [5.41, 5.74) is 1.21. The summed E-state index contributed by atoms with van der Waals surface area (Å²) in [6.45, 7) is 2.32. The Morgan fingerprint density at radius 3 is 2.37 bits per heavy atom. The maximum atomic E-state index is 11.8. The number of likely N-dealkylation sites (tertiary alicyclic amines) is 1. The first-order chi connectivity index (χ1) is 9.10. The zero-order chi connectivity index (χ0) is 13.8. The molecule has 1 aliphatic rings. The first-order valence-corrected chi connectivity index (χ1v) is 6.45. The summed E-state index contributed by atoms with van der Waals surface area (Å²) >= 11 is 0. The molecule has 2 N–H and O–H groups in total. The van der Waals surface area contributed by atoms with Gasteiger partial charge in [0.15, 0.2) is 6.61 Å². The van der Waals surface area contributed by atoms with Gasteiger partial charge in [-0.05, 0) is 24.1 Å². The maximum absolute atomic E-state index is 11.8. The lowest BCUT2D eigenvalue weighted by Crippen LogP contribution is -2.33. The topological polar surface area (TPSA) is 70.0 Å². The van der Waals surface area contributed by atoms with Crippen LogP contribution in [0.25, 0.3) is 0 Å². The molecular formula is C14H19NO4. The summed E-state index contributed by atoms with van der Waals surface area (Å²) in [6, 6.07) is 7.59. The molecule has 2 atom stereocenters. The Hall–Kier alpha value is -1.59. The van der Waals surface area contributed by atoms with Crippen molar-refractivity contribution in [1.29, 1.82) is 0 Å². The number of nitrogens with zero attached hydrogens (tertiary/aromatic N) is 1. The highest BCUT2D eigenvalue weighted by molar-refractivity contribution is 5.78. The molecule has 0 unspecified atom stereocenters. The van der Waals surface area contributed by atoms with Crippen LogP contribution >= 0.6 is 0 Å². The molecule has 1 amide bonds. The van der Waals surface area contributed by atoms with E-state index in [4.69, 9.17) is 4.74 Å². The number of ether oxygens (including phenoxy) is 1. The minimum Gasteiger partial charge on any atom is -0.484 e. The molecule has 0 aromatic heterocycles. The lowest BCUT2D eigenvalue weighted by Gasteiger charge is -2.15. The number of β-amino-alcohol motifs (C(OH)–C–C–N with tert-alkyl or cyclic N) is 2. The Morgan fingerprint density at radius 1 is 1.26 bits per heavy atom. The third-order valence-corrected chi connectivity index (χ3v) is 3.31. The van der Waals surface area contributed by atoms with E-state index in [1.807, 2.05) is 24.3 Å². The second-order valence-corrected chi connectivity index (χ2v) is 4.72. The van der Waals surface area contributed by atoms with Gasteiger partial charge in [-0.15, -0.1) is 0 Å². The van der Waals surface area contributed by atoms with Crippen molar-refractivity contribution in [2.45, 2.75) is 25.6 Å². The van der Waals surface area contributed by atoms with Crippen LogP contribution in [-0.4, -0.2) is 52.9 Å². The predicted octanol–water partition coefficient (Wildman–Crippen LogP) is 0.192. The van der Waals surface area contributed by atoms with E-state index in [1.54, 1.807) is 0 Å². The summed E-state index contributed by atoms with van der Waals surface area (Å²) in [5, 5.41) is 18.8. The van der Waals surface area contributed by atoms with E-state index in [2.05, 4.69) is 6.92 Å². The number of rotatable bonds is 4. The fraction of sp³-hybridized carbons (Fsp3) is 0.500. The number of aryl methyl sites for hydroxylation is 1. The van der Waals surface area contributed by atoms with Crippen LogP contribution < -0.4 is 4.74 Å². The smallest absolute Gasteiger partial charge is 0.260 e. The van der Waals surface area contributed by atoms with Crippen LogP contribution in [-0.2, 0) is 11.2 Å². The van der Waals surface area contributed by atoms with E-state index in [0.717, 1.165) is 6.42 Å². The fourth-order valence-electron chi connectivity index (χ4n) is 2.03. The largest absolute Gasteiger partial charge is 0.484 e. The summed E-state index contributed by atoms with van der Waals surface area (Å²) in [6.07, 6.45) is -0.747. The number of aliphatic hydroxyl groups excluding tert-OH is 2. The number of benzene rings is 1. The normalized spacial score (nSPS) is 22.6. The highest BCUT2D eigenvalue weighted by Crippen LogP contribution is 2.14. The molecule has 1 aromatic carbocycles. The number of hydrogen-bond donors (Lipinski definition) is 2. The van der Waals surface area contributed by atoms with Crippen molar-refractivity contribution < 1.29 is 19.7 Å². The van der Waals surface area contributed by atoms with Crippen molar-refractivity contribution in [1.82, 2.24) is 4.90 Å². The van der Waals surface area contributed by atoms with Crippen molar-refractivity contribution in [2.24, 2.45) is 0 Å². The summed E-state index contributed by atoms with van der Waals surface area (Å²) in [5.74, 6) is 0.418. The van der Waals surface area contributed by atoms with Crippen molar-refractivity contribution >= 4 is 5.91 Å². The Morgan fingerprint density at radius 2 is 1.84 bits per heavy atom. The van der Waals surface area contributed by atoms with Crippen LogP contribution in [0.15, 0.2) is 24.3 Å². The summed E-state index contributed by atoms with van der Waals surface area (Å²) < 4.78 is 5.40. The van der Waals surface area contributed by atoms with E-state index < -0.39 is 12.2 Å². The first kappa shape index (κ1) is 13.8. The van der Waals surface area contributed by atoms with E-state index in [0.29, 0.717) is 5.75 Å². The molecule has 1 aliphatic heterocycles. The van der Waals surface area contributed by atoms with Gasteiger partial charge in [0, 0.05) is 13.1 Å². The van der Waals surface area contributed by atoms with Gasteiger partial charge in [-0.25, -0.2) is 0 Å². The van der Waals surface area contributed by atoms with Crippen molar-refractivity contribution in [3.8, 4) is 5.75 Å². The molecule has 19 heavy (non-hydrogen) atoms. The van der Waals surface area contributed by atoms with Gasteiger partial charge in [-0.2, -0.15) is 0 Å². The maximum Gasteiger partial charge on any atom is 0.260 e. The van der Waals surface area contributed by atoms with Crippen LogP contribution in [0.3, 0.4) is 0 Å². The van der Waals surface area contributed by atoms with Crippen molar-refractivity contribution in [3.63, 3.8) is 0 Å². The third kappa shape index (κ3) is 3.45. The second kappa shape index (κ2) is 6.04. The number of hydrogen-bond acceptors (Lipinski definition) is 4. The zero-order valence-electron chi connectivity index (χ0n) is 11.0. The van der Waals surface area contributed by atoms with Crippen LogP contribution in [0.1, 0.15) is 12.5 Å². The summed E-state index contributed by atoms with van der Waals surface area (Å²) in [7, 11) is 0. The molecule has 1 saturated heterocycles. The third-order valence-electron chi connectivity index (χ3n) is 3.31. The number of aliphatic hydroxyl groups is 2. The summed E-state index contributed by atoms with van der Waals surface area (Å²) in [4.78, 5) is 13.2. The molecule has 1 aromatic rings. The van der Waals surface area contributed by atoms with Crippen LogP contribution in [0, 0.1) is 0 Å². The van der Waals surface area contributed by atoms with Crippen LogP contribution in [0.2, 0.25) is 0 Å². The van der Waals surface area contributed by atoms with Crippen molar-refractivity contribution in [2.75, 3.05) is 19.7 Å². The van der Waals surface area contributed by atoms with Gasteiger partial charge in [0.05, 0.1) is 12.2 Å². The number of amides is 1. The van der Waals surface area contributed by atoms with E-state index in [1.165, 1.54) is 10.5 Å². The van der Waals surface area contributed by atoms with Gasteiger partial charge in [-0.3, -0.25) is 4.79 Å². The predicted molar refractivity (Wildman–Crippen MR) is 69.9 cm³/mol. The average molecular weight is 265 g/mol. The van der Waals surface area contributed by atoms with E-state index in [9.17, 15) is 15.0 Å². The molecule has 1 heterocycles. The van der Waals surface area contributed by atoms with Gasteiger partial charge in [0.1, 0.15) is 5.75 Å². The van der Waals surface area contributed by atoms with Gasteiger partial charge >= 0.3 is 0 Å². The van der Waals surface area contributed by atoms with Gasteiger partial charge in [0.25, 0.3) is 5.91 Å². The van der Waals surface area contributed by atoms with Gasteiger partial charge in [-0.1, -0.05) is 19.1 Å². The molecule has 5 nitrogen and oxygen atoms in total. The molecule has 5 heteroatoms. The molecule has 0 spiro atoms. The van der Waals surface area contributed by atoms with Crippen LogP contribution in [0.5, 0.6) is 5.75 Å². The molecular weight excluding hydrogens is 246 g/mol. The minimum absolute atomic E-state index is 0.0785. The first-order valence-electron chi connectivity index (χ1n) is 6.45. The van der Waals surface area contributed by atoms with Crippen molar-refractivity contribution in [3.05, 3.63) is 29.8 Å². The standard InChI is InChI=1S/C14H19NO4/c1-2-10-3-5-11(6-4-10)19-9-14(18)15-7-12(16)13(17)8-15/h3-6,12-13,16-17H,2,7-9H2,1H3/t12-,13+. The Labute approximate surface area is 112 Å². The van der Waals surface area contributed by atoms with E-state index in [-0.39, 0.29) is 25.6 Å². The monoisotopic (exact) mass is 265 g/mol. The molecule has 2 rings (SSSR count). The Kier molecular flexibility index (Phi) is 4.39.